The summed E-state index contributed by atoms with van der Waals surface area (Å²) in [6.07, 6.45) is -4.53. The van der Waals surface area contributed by atoms with Crippen LogP contribution in [0.2, 0.25) is 5.02 Å². The van der Waals surface area contributed by atoms with Crippen LogP contribution < -0.4 is 15.4 Å². The number of hydrogen-bond acceptors (Lipinski definition) is 4. The zero-order chi connectivity index (χ0) is 21.4. The highest BCUT2D eigenvalue weighted by atomic mass is 35.5. The summed E-state index contributed by atoms with van der Waals surface area (Å²) in [4.78, 5) is 12.4. The summed E-state index contributed by atoms with van der Waals surface area (Å²) in [5.41, 5.74) is -0.701. The third-order valence-corrected chi connectivity index (χ3v) is 4.10. The molecule has 0 bridgehead atoms. The minimum Gasteiger partial charge on any atom is -0.491 e. The molecule has 10 heteroatoms. The number of benzene rings is 2. The van der Waals surface area contributed by atoms with Gasteiger partial charge in [0, 0.05) is 12.2 Å². The molecular formula is C19H18ClF3N2O3S. The lowest BCUT2D eigenvalue weighted by molar-refractivity contribution is -0.137. The molecule has 29 heavy (non-hydrogen) atoms. The van der Waals surface area contributed by atoms with Crippen molar-refractivity contribution in [2.75, 3.05) is 25.1 Å². The van der Waals surface area contributed by atoms with Crippen molar-refractivity contribution < 1.29 is 27.4 Å². The quantitative estimate of drug-likeness (QED) is 0.468. The maximum atomic E-state index is 12.8. The summed E-state index contributed by atoms with van der Waals surface area (Å²) >= 11 is 10.9. The van der Waals surface area contributed by atoms with Crippen LogP contribution in [0.25, 0.3) is 0 Å². The summed E-state index contributed by atoms with van der Waals surface area (Å²) in [5.74, 6) is -0.0852. The molecule has 0 aliphatic heterocycles. The van der Waals surface area contributed by atoms with Gasteiger partial charge in [-0.15, -0.1) is 0 Å². The van der Waals surface area contributed by atoms with Crippen LogP contribution in [0.1, 0.15) is 22.8 Å². The normalized spacial score (nSPS) is 11.1. The van der Waals surface area contributed by atoms with E-state index in [9.17, 15) is 18.0 Å². The van der Waals surface area contributed by atoms with Gasteiger partial charge >= 0.3 is 6.18 Å². The van der Waals surface area contributed by atoms with E-state index in [2.05, 4.69) is 10.6 Å². The smallest absolute Gasteiger partial charge is 0.416 e. The van der Waals surface area contributed by atoms with Gasteiger partial charge in [-0.2, -0.15) is 13.2 Å². The first-order valence-electron chi connectivity index (χ1n) is 8.50. The van der Waals surface area contributed by atoms with E-state index in [-0.39, 0.29) is 21.4 Å². The minimum absolute atomic E-state index is 0.0271. The Labute approximate surface area is 176 Å². The molecule has 1 amide bonds. The van der Waals surface area contributed by atoms with Gasteiger partial charge in [-0.05, 0) is 55.5 Å². The van der Waals surface area contributed by atoms with E-state index in [4.69, 9.17) is 33.3 Å². The van der Waals surface area contributed by atoms with Gasteiger partial charge in [0.05, 0.1) is 22.9 Å². The van der Waals surface area contributed by atoms with Crippen molar-refractivity contribution in [1.82, 2.24) is 5.32 Å². The number of rotatable bonds is 7. The minimum atomic E-state index is -4.53. The molecule has 0 saturated carbocycles. The van der Waals surface area contributed by atoms with Gasteiger partial charge in [-0.25, -0.2) is 0 Å². The fourth-order valence-electron chi connectivity index (χ4n) is 2.22. The van der Waals surface area contributed by atoms with Crippen LogP contribution >= 0.6 is 23.8 Å². The molecule has 0 aromatic heterocycles. The maximum Gasteiger partial charge on any atom is 0.416 e. The third-order valence-electron chi connectivity index (χ3n) is 3.57. The van der Waals surface area contributed by atoms with Gasteiger partial charge in [0.25, 0.3) is 5.91 Å². The van der Waals surface area contributed by atoms with Crippen LogP contribution in [0.4, 0.5) is 18.9 Å². The topological polar surface area (TPSA) is 59.6 Å². The Bertz CT molecular complexity index is 878. The SMILES string of the molecule is CCOCCOc1cccc(C(=O)NC(=S)Nc2cc(C(F)(F)F)ccc2Cl)c1. The molecule has 2 rings (SSSR count). The number of hydrogen-bond donors (Lipinski definition) is 2. The number of carbonyl (C=O) groups excluding carboxylic acids is 1. The first kappa shape index (κ1) is 22.9. The number of anilines is 1. The summed E-state index contributed by atoms with van der Waals surface area (Å²) in [5, 5.41) is 4.73. The average Bonchev–Trinajstić information content (AvgIpc) is 2.66. The van der Waals surface area contributed by atoms with E-state index >= 15 is 0 Å². The summed E-state index contributed by atoms with van der Waals surface area (Å²) < 4.78 is 49.2. The van der Waals surface area contributed by atoms with E-state index in [1.54, 1.807) is 18.2 Å². The number of ether oxygens (including phenoxy) is 2. The highest BCUT2D eigenvalue weighted by Gasteiger charge is 2.31. The third kappa shape index (κ3) is 7.19. The van der Waals surface area contributed by atoms with E-state index in [1.165, 1.54) is 6.07 Å². The van der Waals surface area contributed by atoms with Crippen molar-refractivity contribution in [1.29, 1.82) is 0 Å². The molecule has 0 aliphatic carbocycles. The zero-order valence-electron chi connectivity index (χ0n) is 15.3. The number of carbonyl (C=O) groups is 1. The molecule has 5 nitrogen and oxygen atoms in total. The molecule has 0 fully saturated rings. The first-order chi connectivity index (χ1) is 13.7. The number of halogens is 4. The molecule has 0 unspecified atom stereocenters. The Morgan fingerprint density at radius 3 is 2.62 bits per heavy atom. The van der Waals surface area contributed by atoms with Gasteiger partial charge in [0.1, 0.15) is 12.4 Å². The highest BCUT2D eigenvalue weighted by molar-refractivity contribution is 7.80. The fraction of sp³-hybridized carbons (Fsp3) is 0.263. The van der Waals surface area contributed by atoms with E-state index in [1.807, 2.05) is 6.92 Å². The Morgan fingerprint density at radius 1 is 1.17 bits per heavy atom. The van der Waals surface area contributed by atoms with Gasteiger partial charge in [-0.3, -0.25) is 10.1 Å². The zero-order valence-corrected chi connectivity index (χ0v) is 16.9. The molecule has 0 radical (unpaired) electrons. The van der Waals surface area contributed by atoms with E-state index < -0.39 is 17.6 Å². The van der Waals surface area contributed by atoms with Crippen LogP contribution in [-0.4, -0.2) is 30.8 Å². The fourth-order valence-corrected chi connectivity index (χ4v) is 2.58. The Kier molecular flexibility index (Phi) is 8.24. The second-order valence-electron chi connectivity index (χ2n) is 5.67. The highest BCUT2D eigenvalue weighted by Crippen LogP contribution is 2.33. The van der Waals surface area contributed by atoms with Crippen LogP contribution in [0.3, 0.4) is 0 Å². The Morgan fingerprint density at radius 2 is 1.93 bits per heavy atom. The number of amides is 1. The molecule has 0 heterocycles. The molecule has 2 aromatic rings. The van der Waals surface area contributed by atoms with Crippen LogP contribution in [0, 0.1) is 0 Å². The van der Waals surface area contributed by atoms with Crippen molar-refractivity contribution in [3.63, 3.8) is 0 Å². The van der Waals surface area contributed by atoms with Crippen molar-refractivity contribution >= 4 is 40.5 Å². The lowest BCUT2D eigenvalue weighted by atomic mass is 10.2. The Balaban J connectivity index is 2.00. The molecule has 0 aliphatic rings. The van der Waals surface area contributed by atoms with Crippen molar-refractivity contribution in [2.45, 2.75) is 13.1 Å². The molecule has 2 aromatic carbocycles. The number of thiocarbonyl (C=S) groups is 1. The predicted molar refractivity (Wildman–Crippen MR) is 109 cm³/mol. The molecular weight excluding hydrogens is 429 g/mol. The molecule has 0 atom stereocenters. The van der Waals surface area contributed by atoms with Crippen molar-refractivity contribution in [3.8, 4) is 5.75 Å². The van der Waals surface area contributed by atoms with Gasteiger partial charge < -0.3 is 14.8 Å². The standard InChI is InChI=1S/C19H18ClF3N2O3S/c1-2-27-8-9-28-14-5-3-4-12(10-14)17(26)25-18(29)24-16-11-13(19(21,22)23)6-7-15(16)20/h3-7,10-11H,2,8-9H2,1H3,(H2,24,25,26,29). The maximum absolute atomic E-state index is 12.8. The lowest BCUT2D eigenvalue weighted by Gasteiger charge is -2.14. The number of alkyl halides is 3. The largest absolute Gasteiger partial charge is 0.491 e. The lowest BCUT2D eigenvalue weighted by Crippen LogP contribution is -2.34. The van der Waals surface area contributed by atoms with Gasteiger partial charge in [0.2, 0.25) is 0 Å². The van der Waals surface area contributed by atoms with Gasteiger partial charge in [-0.1, -0.05) is 17.7 Å². The first-order valence-corrected chi connectivity index (χ1v) is 9.29. The summed E-state index contributed by atoms with van der Waals surface area (Å²) in [7, 11) is 0. The van der Waals surface area contributed by atoms with Crippen LogP contribution in [0.15, 0.2) is 42.5 Å². The molecule has 156 valence electrons. The average molecular weight is 447 g/mol. The second kappa shape index (κ2) is 10.4. The monoisotopic (exact) mass is 446 g/mol. The molecule has 2 N–H and O–H groups in total. The Hall–Kier alpha value is -2.36. The number of nitrogens with one attached hydrogen (secondary N) is 2. The summed E-state index contributed by atoms with van der Waals surface area (Å²) in [6, 6.07) is 9.14. The van der Waals surface area contributed by atoms with Crippen LogP contribution in [0.5, 0.6) is 5.75 Å². The van der Waals surface area contributed by atoms with Crippen molar-refractivity contribution in [2.24, 2.45) is 0 Å². The molecule has 0 spiro atoms. The van der Waals surface area contributed by atoms with E-state index in [0.29, 0.717) is 25.6 Å². The van der Waals surface area contributed by atoms with Crippen molar-refractivity contribution in [3.05, 3.63) is 58.6 Å². The van der Waals surface area contributed by atoms with Gasteiger partial charge in [0.15, 0.2) is 5.11 Å². The summed E-state index contributed by atoms with van der Waals surface area (Å²) in [6.45, 7) is 3.19. The van der Waals surface area contributed by atoms with E-state index in [0.717, 1.165) is 18.2 Å². The second-order valence-corrected chi connectivity index (χ2v) is 6.49. The molecule has 0 saturated heterocycles. The van der Waals surface area contributed by atoms with Crippen LogP contribution in [-0.2, 0) is 10.9 Å². The predicted octanol–water partition coefficient (Wildman–Crippen LogP) is 4.90.